The standard InChI is InChI=1S/C52H36N2O/c1-4-15-35(16-5-1)36-27-30-40(31-28-36)54(49-33-43-48(34-53-49)55-47-32-29-37-17-10-11-22-41(37)50(43)47)46-26-14-25-45-51(46)42-23-12-13-24-44(42)52(45,38-18-6-2-7-19-38)39-20-8-3-9-21-39/h1-34,42,44H. The van der Waals surface area contributed by atoms with Crippen LogP contribution >= 0.6 is 0 Å². The third-order valence-electron chi connectivity index (χ3n) is 11.9. The Balaban J connectivity index is 1.19. The molecule has 0 N–H and O–H groups in total. The quantitative estimate of drug-likeness (QED) is 0.173. The molecule has 0 fully saturated rings. The monoisotopic (exact) mass is 704 g/mol. The van der Waals surface area contributed by atoms with Crippen LogP contribution in [0.4, 0.5) is 17.2 Å². The molecule has 7 aromatic carbocycles. The number of allylic oxidation sites excluding steroid dienone is 4. The zero-order chi connectivity index (χ0) is 36.3. The second kappa shape index (κ2) is 12.6. The number of benzene rings is 7. The van der Waals surface area contributed by atoms with E-state index in [-0.39, 0.29) is 11.8 Å². The van der Waals surface area contributed by atoms with Crippen LogP contribution in [-0.4, -0.2) is 4.98 Å². The number of anilines is 3. The van der Waals surface area contributed by atoms with E-state index in [1.807, 2.05) is 6.20 Å². The first kappa shape index (κ1) is 31.5. The highest BCUT2D eigenvalue weighted by molar-refractivity contribution is 6.19. The van der Waals surface area contributed by atoms with Gasteiger partial charge >= 0.3 is 0 Å². The van der Waals surface area contributed by atoms with Crippen LogP contribution in [0.25, 0.3) is 43.8 Å². The fourth-order valence-corrected chi connectivity index (χ4v) is 9.57. The van der Waals surface area contributed by atoms with Gasteiger partial charge in [-0.25, -0.2) is 4.98 Å². The molecule has 2 aliphatic carbocycles. The Hall–Kier alpha value is -6.97. The molecule has 0 spiro atoms. The average Bonchev–Trinajstić information content (AvgIpc) is 3.79. The Morgan fingerprint density at radius 1 is 0.545 bits per heavy atom. The number of nitrogens with zero attached hydrogens (tertiary/aromatic N) is 2. The topological polar surface area (TPSA) is 29.3 Å². The Morgan fingerprint density at radius 2 is 1.22 bits per heavy atom. The molecule has 11 rings (SSSR count). The molecule has 0 aliphatic heterocycles. The zero-order valence-electron chi connectivity index (χ0n) is 30.1. The molecule has 2 aromatic heterocycles. The fourth-order valence-electron chi connectivity index (χ4n) is 9.57. The zero-order valence-corrected chi connectivity index (χ0v) is 30.1. The molecule has 260 valence electrons. The number of hydrogen-bond acceptors (Lipinski definition) is 3. The molecule has 0 saturated carbocycles. The smallest absolute Gasteiger partial charge is 0.153 e. The van der Waals surface area contributed by atoms with E-state index < -0.39 is 5.41 Å². The number of rotatable bonds is 6. The minimum Gasteiger partial charge on any atom is -0.454 e. The minimum atomic E-state index is -0.403. The highest BCUT2D eigenvalue weighted by Crippen LogP contribution is 2.62. The number of furan rings is 1. The lowest BCUT2D eigenvalue weighted by Gasteiger charge is -2.38. The molecule has 2 atom stereocenters. The molecule has 0 amide bonds. The van der Waals surface area contributed by atoms with E-state index in [1.165, 1.54) is 44.2 Å². The minimum absolute atomic E-state index is 0.130. The predicted molar refractivity (Wildman–Crippen MR) is 226 cm³/mol. The van der Waals surface area contributed by atoms with Crippen molar-refractivity contribution < 1.29 is 4.42 Å². The summed E-state index contributed by atoms with van der Waals surface area (Å²) in [5.41, 5.74) is 11.0. The average molecular weight is 705 g/mol. The van der Waals surface area contributed by atoms with Crippen LogP contribution in [0.3, 0.4) is 0 Å². The molecular weight excluding hydrogens is 669 g/mol. The highest BCUT2D eigenvalue weighted by Gasteiger charge is 2.54. The summed E-state index contributed by atoms with van der Waals surface area (Å²) in [7, 11) is 0. The summed E-state index contributed by atoms with van der Waals surface area (Å²) < 4.78 is 6.44. The van der Waals surface area contributed by atoms with E-state index in [2.05, 4.69) is 205 Å². The second-order valence-corrected chi connectivity index (χ2v) is 14.6. The van der Waals surface area contributed by atoms with Crippen molar-refractivity contribution >= 4 is 49.9 Å². The first-order valence-electron chi connectivity index (χ1n) is 19.0. The van der Waals surface area contributed by atoms with E-state index in [0.29, 0.717) is 0 Å². The van der Waals surface area contributed by atoms with Gasteiger partial charge in [0.25, 0.3) is 0 Å². The van der Waals surface area contributed by atoms with Gasteiger partial charge in [0, 0.05) is 28.3 Å². The van der Waals surface area contributed by atoms with Crippen LogP contribution in [-0.2, 0) is 5.41 Å². The molecule has 2 heterocycles. The van der Waals surface area contributed by atoms with Crippen LogP contribution in [0.1, 0.15) is 28.2 Å². The van der Waals surface area contributed by atoms with Crippen molar-refractivity contribution in [1.82, 2.24) is 4.98 Å². The maximum Gasteiger partial charge on any atom is 0.153 e. The SMILES string of the molecule is C1=CC2c3c(N(c4ccc(-c5ccccc5)cc4)c4cc5c(cn4)oc4ccc6ccccc6c45)cccc3C(c3ccccc3)(c3ccccc3)C2C=C1. The second-order valence-electron chi connectivity index (χ2n) is 14.6. The molecule has 0 bridgehead atoms. The van der Waals surface area contributed by atoms with E-state index in [4.69, 9.17) is 9.40 Å². The van der Waals surface area contributed by atoms with E-state index in [1.54, 1.807) is 0 Å². The summed E-state index contributed by atoms with van der Waals surface area (Å²) in [6.07, 6.45) is 11.2. The van der Waals surface area contributed by atoms with Crippen LogP contribution in [0.2, 0.25) is 0 Å². The van der Waals surface area contributed by atoms with Gasteiger partial charge in [0.2, 0.25) is 0 Å². The van der Waals surface area contributed by atoms with Gasteiger partial charge in [0.05, 0.1) is 17.3 Å². The lowest BCUT2D eigenvalue weighted by molar-refractivity contribution is 0.457. The van der Waals surface area contributed by atoms with E-state index in [9.17, 15) is 0 Å². The first-order valence-corrected chi connectivity index (χ1v) is 19.0. The number of aromatic nitrogens is 1. The molecule has 55 heavy (non-hydrogen) atoms. The van der Waals surface area contributed by atoms with E-state index in [0.717, 1.165) is 39.1 Å². The summed E-state index contributed by atoms with van der Waals surface area (Å²) in [6.45, 7) is 0. The van der Waals surface area contributed by atoms with Crippen LogP contribution in [0.15, 0.2) is 211 Å². The van der Waals surface area contributed by atoms with Crippen molar-refractivity contribution in [3.05, 3.63) is 229 Å². The molecule has 3 nitrogen and oxygen atoms in total. The van der Waals surface area contributed by atoms with Gasteiger partial charge in [-0.15, -0.1) is 0 Å². The van der Waals surface area contributed by atoms with Crippen molar-refractivity contribution in [2.45, 2.75) is 11.3 Å². The van der Waals surface area contributed by atoms with Crippen LogP contribution < -0.4 is 4.90 Å². The molecule has 2 unspecified atom stereocenters. The lowest BCUT2D eigenvalue weighted by Crippen LogP contribution is -2.34. The fraction of sp³-hybridized carbons (Fsp3) is 0.0577. The van der Waals surface area contributed by atoms with Crippen molar-refractivity contribution in [3.63, 3.8) is 0 Å². The van der Waals surface area contributed by atoms with Crippen molar-refractivity contribution in [1.29, 1.82) is 0 Å². The summed E-state index contributed by atoms with van der Waals surface area (Å²) >= 11 is 0. The molecule has 0 saturated heterocycles. The first-order chi connectivity index (χ1) is 27.3. The highest BCUT2D eigenvalue weighted by atomic mass is 16.3. The van der Waals surface area contributed by atoms with E-state index >= 15 is 0 Å². The maximum absolute atomic E-state index is 6.44. The van der Waals surface area contributed by atoms with Gasteiger partial charge in [-0.2, -0.15) is 0 Å². The van der Waals surface area contributed by atoms with Crippen molar-refractivity contribution in [3.8, 4) is 11.1 Å². The van der Waals surface area contributed by atoms with Crippen LogP contribution in [0.5, 0.6) is 0 Å². The summed E-state index contributed by atoms with van der Waals surface area (Å²) in [5, 5.41) is 4.53. The Kier molecular flexibility index (Phi) is 7.21. The largest absolute Gasteiger partial charge is 0.454 e. The van der Waals surface area contributed by atoms with Crippen LogP contribution in [0, 0.1) is 5.92 Å². The number of hydrogen-bond donors (Lipinski definition) is 0. The van der Waals surface area contributed by atoms with Gasteiger partial charge < -0.3 is 4.42 Å². The summed E-state index contributed by atoms with van der Waals surface area (Å²) in [5.74, 6) is 1.14. The van der Waals surface area contributed by atoms with Gasteiger partial charge in [-0.05, 0) is 74.5 Å². The van der Waals surface area contributed by atoms with Gasteiger partial charge in [-0.3, -0.25) is 4.90 Å². The number of pyridine rings is 1. The lowest BCUT2D eigenvalue weighted by atomic mass is 9.63. The van der Waals surface area contributed by atoms with Gasteiger partial charge in [0.15, 0.2) is 5.58 Å². The molecule has 9 aromatic rings. The summed E-state index contributed by atoms with van der Waals surface area (Å²) in [6, 6.07) is 63.6. The maximum atomic E-state index is 6.44. The molecule has 3 heteroatoms. The Labute approximate surface area is 320 Å². The predicted octanol–water partition coefficient (Wildman–Crippen LogP) is 13.4. The third kappa shape index (κ3) is 4.79. The Bertz CT molecular complexity index is 2890. The van der Waals surface area contributed by atoms with Crippen molar-refractivity contribution in [2.24, 2.45) is 5.92 Å². The van der Waals surface area contributed by atoms with Gasteiger partial charge in [-0.1, -0.05) is 170 Å². The normalized spacial score (nSPS) is 16.7. The molecular formula is C52H36N2O. The molecule has 0 radical (unpaired) electrons. The van der Waals surface area contributed by atoms with Crippen molar-refractivity contribution in [2.75, 3.05) is 4.90 Å². The Morgan fingerprint density at radius 3 is 1.98 bits per heavy atom. The number of fused-ring (bicyclic) bond motifs is 8. The summed E-state index contributed by atoms with van der Waals surface area (Å²) in [4.78, 5) is 7.57. The molecule has 2 aliphatic rings. The third-order valence-corrected chi connectivity index (χ3v) is 11.9. The van der Waals surface area contributed by atoms with Gasteiger partial charge in [0.1, 0.15) is 11.4 Å².